The van der Waals surface area contributed by atoms with E-state index in [-0.39, 0.29) is 29.3 Å². The number of benzene rings is 2. The summed E-state index contributed by atoms with van der Waals surface area (Å²) < 4.78 is 20.1. The van der Waals surface area contributed by atoms with Crippen LogP contribution in [0.4, 0.5) is 9.18 Å². The molecule has 10 nitrogen and oxygen atoms in total. The standard InChI is InChI=1S/C32H38FN5O5/c1-19-16-38(17-20(2)35-19)18-23-7-6-22(13-29(23)39)21-4-3-5-27(12-21)43-31-28(14-24(33)15-34-31)30(40)36-25-8-10-26(11-9-25)37-32(41)42/h3-7,12-15,19-20,25-26,35,37,39H,8-11,16-18H2,1-2H3,(H,36,40)(H,41,42)/t19-,20+,25-,26-. The van der Waals surface area contributed by atoms with Crippen LogP contribution in [-0.2, 0) is 6.54 Å². The van der Waals surface area contributed by atoms with E-state index in [0.29, 0.717) is 50.1 Å². The minimum atomic E-state index is -1.06. The predicted octanol–water partition coefficient (Wildman–Crippen LogP) is 4.88. The highest BCUT2D eigenvalue weighted by Crippen LogP contribution is 2.32. The highest BCUT2D eigenvalue weighted by Gasteiger charge is 2.26. The fourth-order valence-corrected chi connectivity index (χ4v) is 6.03. The molecule has 0 spiro atoms. The Morgan fingerprint density at radius 1 is 1.00 bits per heavy atom. The van der Waals surface area contributed by atoms with Gasteiger partial charge in [0.2, 0.25) is 5.88 Å². The van der Waals surface area contributed by atoms with Crippen molar-refractivity contribution in [3.8, 4) is 28.5 Å². The Labute approximate surface area is 250 Å². The Morgan fingerprint density at radius 2 is 1.67 bits per heavy atom. The predicted molar refractivity (Wildman–Crippen MR) is 160 cm³/mol. The van der Waals surface area contributed by atoms with Gasteiger partial charge in [-0.05, 0) is 74.9 Å². The van der Waals surface area contributed by atoms with E-state index in [1.807, 2.05) is 18.2 Å². The number of amides is 2. The van der Waals surface area contributed by atoms with Crippen molar-refractivity contribution < 1.29 is 28.9 Å². The molecular formula is C32H38FN5O5. The van der Waals surface area contributed by atoms with Crippen LogP contribution in [0.25, 0.3) is 11.1 Å². The van der Waals surface area contributed by atoms with Crippen LogP contribution in [0.15, 0.2) is 54.7 Å². The summed E-state index contributed by atoms with van der Waals surface area (Å²) in [6.45, 7) is 6.80. The maximum absolute atomic E-state index is 14.1. The lowest BCUT2D eigenvalue weighted by Gasteiger charge is -2.36. The highest BCUT2D eigenvalue weighted by molar-refractivity contribution is 5.96. The third kappa shape index (κ3) is 7.99. The first kappa shape index (κ1) is 30.2. The number of hydrogen-bond acceptors (Lipinski definition) is 7. The number of carbonyl (C=O) groups excluding carboxylic acids is 1. The molecule has 228 valence electrons. The summed E-state index contributed by atoms with van der Waals surface area (Å²) in [5.74, 6) is -0.592. The number of piperazine rings is 1. The van der Waals surface area contributed by atoms with Crippen molar-refractivity contribution in [1.29, 1.82) is 0 Å². The average Bonchev–Trinajstić information content (AvgIpc) is 2.95. The van der Waals surface area contributed by atoms with Gasteiger partial charge in [0.05, 0.1) is 6.20 Å². The molecule has 2 aromatic carbocycles. The molecule has 1 aliphatic carbocycles. The second-order valence-corrected chi connectivity index (χ2v) is 11.6. The number of hydrogen-bond donors (Lipinski definition) is 5. The van der Waals surface area contributed by atoms with Crippen molar-refractivity contribution in [3.63, 3.8) is 0 Å². The summed E-state index contributed by atoms with van der Waals surface area (Å²) in [6, 6.07) is 14.4. The van der Waals surface area contributed by atoms with Crippen LogP contribution in [-0.4, -0.2) is 69.4 Å². The first-order chi connectivity index (χ1) is 20.6. The molecule has 0 radical (unpaired) electrons. The minimum Gasteiger partial charge on any atom is -0.508 e. The summed E-state index contributed by atoms with van der Waals surface area (Å²) in [7, 11) is 0. The number of pyridine rings is 1. The van der Waals surface area contributed by atoms with Crippen LogP contribution in [0.1, 0.15) is 55.5 Å². The van der Waals surface area contributed by atoms with Crippen LogP contribution in [0.3, 0.4) is 0 Å². The second-order valence-electron chi connectivity index (χ2n) is 11.6. The second kappa shape index (κ2) is 13.4. The number of carbonyl (C=O) groups is 2. The number of aromatic hydroxyl groups is 1. The summed E-state index contributed by atoms with van der Waals surface area (Å²) in [6.07, 6.45) is 2.32. The van der Waals surface area contributed by atoms with Crippen LogP contribution >= 0.6 is 0 Å². The molecule has 2 atom stereocenters. The zero-order valence-corrected chi connectivity index (χ0v) is 24.3. The fourth-order valence-electron chi connectivity index (χ4n) is 6.03. The van der Waals surface area contributed by atoms with Crippen molar-refractivity contribution >= 4 is 12.0 Å². The zero-order chi connectivity index (χ0) is 30.5. The Morgan fingerprint density at radius 3 is 2.35 bits per heavy atom. The highest BCUT2D eigenvalue weighted by atomic mass is 19.1. The number of phenols is 1. The quantitative estimate of drug-likeness (QED) is 0.250. The maximum Gasteiger partial charge on any atom is 0.404 e. The Kier molecular flexibility index (Phi) is 9.42. The van der Waals surface area contributed by atoms with Gasteiger partial charge in [-0.3, -0.25) is 9.69 Å². The van der Waals surface area contributed by atoms with Crippen LogP contribution < -0.4 is 20.7 Å². The number of nitrogens with one attached hydrogen (secondary N) is 3. The number of nitrogens with zero attached hydrogens (tertiary/aromatic N) is 2. The topological polar surface area (TPSA) is 136 Å². The molecule has 2 amide bonds. The van der Waals surface area contributed by atoms with Gasteiger partial charge in [0.15, 0.2) is 0 Å². The van der Waals surface area contributed by atoms with Crippen LogP contribution in [0, 0.1) is 5.82 Å². The summed E-state index contributed by atoms with van der Waals surface area (Å²) in [5, 5.41) is 28.7. The molecule has 5 rings (SSSR count). The summed E-state index contributed by atoms with van der Waals surface area (Å²) in [4.78, 5) is 30.4. The number of halogens is 1. The average molecular weight is 592 g/mol. The number of aromatic nitrogens is 1. The molecule has 0 bridgehead atoms. The van der Waals surface area contributed by atoms with E-state index in [0.717, 1.165) is 42.0 Å². The molecule has 3 aromatic rings. The molecule has 1 aliphatic heterocycles. The van der Waals surface area contributed by atoms with Crippen LogP contribution in [0.2, 0.25) is 0 Å². The van der Waals surface area contributed by atoms with E-state index in [1.165, 1.54) is 0 Å². The number of carboxylic acid groups (broad SMARTS) is 1. The van der Waals surface area contributed by atoms with Gasteiger partial charge in [0.1, 0.15) is 22.9 Å². The number of rotatable bonds is 8. The first-order valence-electron chi connectivity index (χ1n) is 14.7. The van der Waals surface area contributed by atoms with Crippen molar-refractivity contribution in [2.24, 2.45) is 0 Å². The van der Waals surface area contributed by atoms with E-state index < -0.39 is 17.8 Å². The summed E-state index contributed by atoms with van der Waals surface area (Å²) in [5.41, 5.74) is 2.42. The fraction of sp³-hybridized carbons (Fsp3) is 0.406. The molecule has 1 saturated carbocycles. The molecule has 5 N–H and O–H groups in total. The maximum atomic E-state index is 14.1. The third-order valence-corrected chi connectivity index (χ3v) is 7.95. The lowest BCUT2D eigenvalue weighted by molar-refractivity contribution is 0.0919. The van der Waals surface area contributed by atoms with E-state index >= 15 is 0 Å². The third-order valence-electron chi connectivity index (χ3n) is 7.95. The first-order valence-corrected chi connectivity index (χ1v) is 14.7. The molecule has 1 saturated heterocycles. The van der Waals surface area contributed by atoms with Crippen molar-refractivity contribution in [3.05, 3.63) is 71.7 Å². The van der Waals surface area contributed by atoms with E-state index in [2.05, 4.69) is 39.7 Å². The van der Waals surface area contributed by atoms with Gasteiger partial charge in [-0.1, -0.05) is 24.3 Å². The SMILES string of the molecule is C[C@@H]1CN(Cc2ccc(-c3cccc(Oc4ncc(F)cc4C(=O)N[C@H]4CC[C@H](NC(=O)O)CC4)c3)cc2O)C[C@H](C)N1. The normalized spacial score (nSPS) is 22.5. The van der Waals surface area contributed by atoms with Crippen molar-refractivity contribution in [2.45, 2.75) is 70.2 Å². The molecule has 2 heterocycles. The van der Waals surface area contributed by atoms with E-state index in [1.54, 1.807) is 24.3 Å². The Hall–Kier alpha value is -4.22. The van der Waals surface area contributed by atoms with Crippen molar-refractivity contribution in [2.75, 3.05) is 13.1 Å². The largest absolute Gasteiger partial charge is 0.508 e. The van der Waals surface area contributed by atoms with Gasteiger partial charge in [0, 0.05) is 49.4 Å². The van der Waals surface area contributed by atoms with Gasteiger partial charge in [-0.25, -0.2) is 14.2 Å². The monoisotopic (exact) mass is 591 g/mol. The van der Waals surface area contributed by atoms with Gasteiger partial charge in [0.25, 0.3) is 5.91 Å². The molecule has 2 aliphatic rings. The van der Waals surface area contributed by atoms with E-state index in [4.69, 9.17) is 9.84 Å². The lowest BCUT2D eigenvalue weighted by atomic mass is 9.91. The lowest BCUT2D eigenvalue weighted by Crippen LogP contribution is -2.53. The smallest absolute Gasteiger partial charge is 0.404 e. The van der Waals surface area contributed by atoms with Gasteiger partial charge >= 0.3 is 6.09 Å². The van der Waals surface area contributed by atoms with Gasteiger partial charge < -0.3 is 30.9 Å². The number of phenolic OH excluding ortho intramolecular Hbond substituents is 1. The molecule has 1 aromatic heterocycles. The molecule has 2 fully saturated rings. The van der Waals surface area contributed by atoms with Gasteiger partial charge in [-0.2, -0.15) is 0 Å². The molecular weight excluding hydrogens is 553 g/mol. The van der Waals surface area contributed by atoms with Crippen LogP contribution in [0.5, 0.6) is 17.4 Å². The Balaban J connectivity index is 1.26. The van der Waals surface area contributed by atoms with E-state index in [9.17, 15) is 19.1 Å². The molecule has 43 heavy (non-hydrogen) atoms. The number of ether oxygens (including phenoxy) is 1. The molecule has 0 unspecified atom stereocenters. The summed E-state index contributed by atoms with van der Waals surface area (Å²) >= 11 is 0. The Bertz CT molecular complexity index is 1450. The van der Waals surface area contributed by atoms with Crippen molar-refractivity contribution in [1.82, 2.24) is 25.8 Å². The van der Waals surface area contributed by atoms with Gasteiger partial charge in [-0.15, -0.1) is 0 Å². The molecule has 11 heteroatoms. The zero-order valence-electron chi connectivity index (χ0n) is 24.3. The minimum absolute atomic E-state index is 0.0325.